The monoisotopic (exact) mass is 303 g/mol. The smallest absolute Gasteiger partial charge is 0.385 e. The molecule has 0 unspecified atom stereocenters. The highest BCUT2D eigenvalue weighted by Crippen LogP contribution is 2.30. The molecule has 0 aliphatic rings. The van der Waals surface area contributed by atoms with Crippen molar-refractivity contribution in [3.05, 3.63) is 29.8 Å². The summed E-state index contributed by atoms with van der Waals surface area (Å²) in [7, 11) is 1.53. The third-order valence-corrected chi connectivity index (χ3v) is 2.73. The van der Waals surface area contributed by atoms with Gasteiger partial charge in [-0.3, -0.25) is 0 Å². The zero-order valence-corrected chi connectivity index (χ0v) is 11.2. The Kier molecular flexibility index (Phi) is 4.56. The van der Waals surface area contributed by atoms with Crippen molar-refractivity contribution >= 4 is 16.7 Å². The molecular formula is C13H13F4N3O. The predicted molar refractivity (Wildman–Crippen MR) is 69.5 cm³/mol. The number of hydrogen-bond acceptors (Lipinski definition) is 4. The van der Waals surface area contributed by atoms with Gasteiger partial charge in [0.15, 0.2) is 0 Å². The molecule has 21 heavy (non-hydrogen) atoms. The van der Waals surface area contributed by atoms with E-state index in [-0.39, 0.29) is 16.7 Å². The lowest BCUT2D eigenvalue weighted by Gasteiger charge is -2.12. The first-order chi connectivity index (χ1) is 9.91. The minimum Gasteiger partial charge on any atom is -0.385 e. The predicted octanol–water partition coefficient (Wildman–Crippen LogP) is 3.24. The second kappa shape index (κ2) is 6.21. The Morgan fingerprint density at radius 2 is 2.00 bits per heavy atom. The average molecular weight is 303 g/mol. The van der Waals surface area contributed by atoms with Gasteiger partial charge in [0.25, 0.3) is 0 Å². The maximum atomic E-state index is 13.3. The lowest BCUT2D eigenvalue weighted by Crippen LogP contribution is -2.14. The molecule has 0 aliphatic carbocycles. The molecule has 2 rings (SSSR count). The van der Waals surface area contributed by atoms with Gasteiger partial charge in [-0.15, -0.1) is 0 Å². The third-order valence-electron chi connectivity index (χ3n) is 2.73. The molecule has 0 amide bonds. The van der Waals surface area contributed by atoms with Gasteiger partial charge in [-0.1, -0.05) is 0 Å². The molecule has 0 saturated heterocycles. The Bertz CT molecular complexity index is 631. The van der Waals surface area contributed by atoms with Gasteiger partial charge < -0.3 is 10.1 Å². The maximum Gasteiger partial charge on any atom is 0.451 e. The summed E-state index contributed by atoms with van der Waals surface area (Å²) in [5, 5.41) is 2.97. The first-order valence-electron chi connectivity index (χ1n) is 6.19. The van der Waals surface area contributed by atoms with Crippen LogP contribution in [0.3, 0.4) is 0 Å². The van der Waals surface area contributed by atoms with Crippen molar-refractivity contribution in [2.24, 2.45) is 0 Å². The Morgan fingerprint density at radius 1 is 1.24 bits per heavy atom. The summed E-state index contributed by atoms with van der Waals surface area (Å²) in [6, 6.07) is 3.36. The van der Waals surface area contributed by atoms with Crippen LogP contribution in [0.25, 0.3) is 10.9 Å². The number of nitrogens with one attached hydrogen (secondary N) is 1. The summed E-state index contributed by atoms with van der Waals surface area (Å²) in [5.41, 5.74) is 0.0352. The second-order valence-corrected chi connectivity index (χ2v) is 4.33. The Balaban J connectivity index is 2.40. The SMILES string of the molecule is COCCCNc1nc(C(F)(F)F)nc2ccc(F)cc12. The summed E-state index contributed by atoms with van der Waals surface area (Å²) in [4.78, 5) is 6.88. The number of nitrogens with zero attached hydrogens (tertiary/aromatic N) is 2. The number of fused-ring (bicyclic) bond motifs is 1. The summed E-state index contributed by atoms with van der Waals surface area (Å²) >= 11 is 0. The molecule has 0 spiro atoms. The molecule has 0 bridgehead atoms. The largest absolute Gasteiger partial charge is 0.451 e. The minimum absolute atomic E-state index is 0.0352. The normalized spacial score (nSPS) is 11.9. The minimum atomic E-state index is -4.66. The maximum absolute atomic E-state index is 13.3. The van der Waals surface area contributed by atoms with Crippen molar-refractivity contribution in [1.82, 2.24) is 9.97 Å². The Morgan fingerprint density at radius 3 is 2.67 bits per heavy atom. The molecule has 1 N–H and O–H groups in total. The third kappa shape index (κ3) is 3.78. The molecule has 0 fully saturated rings. The molecule has 114 valence electrons. The fraction of sp³-hybridized carbons (Fsp3) is 0.385. The van der Waals surface area contributed by atoms with Gasteiger partial charge in [-0.25, -0.2) is 14.4 Å². The van der Waals surface area contributed by atoms with Crippen molar-refractivity contribution in [2.45, 2.75) is 12.6 Å². The molecular weight excluding hydrogens is 290 g/mol. The number of benzene rings is 1. The van der Waals surface area contributed by atoms with Crippen LogP contribution in [0.5, 0.6) is 0 Å². The standard InChI is InChI=1S/C13H13F4N3O/c1-21-6-2-5-18-11-9-7-8(14)3-4-10(9)19-12(20-11)13(15,16)17/h3-4,7H,2,5-6H2,1H3,(H,18,19,20). The van der Waals surface area contributed by atoms with Crippen LogP contribution >= 0.6 is 0 Å². The zero-order valence-electron chi connectivity index (χ0n) is 11.2. The Hall–Kier alpha value is -1.96. The van der Waals surface area contributed by atoms with E-state index in [0.29, 0.717) is 19.6 Å². The highest BCUT2D eigenvalue weighted by molar-refractivity contribution is 5.89. The zero-order chi connectivity index (χ0) is 15.5. The molecule has 2 aromatic rings. The molecule has 0 saturated carbocycles. The van der Waals surface area contributed by atoms with Gasteiger partial charge in [0.1, 0.15) is 11.6 Å². The van der Waals surface area contributed by atoms with Gasteiger partial charge in [-0.2, -0.15) is 13.2 Å². The molecule has 0 aliphatic heterocycles. The van der Waals surface area contributed by atoms with Crippen molar-refractivity contribution in [3.63, 3.8) is 0 Å². The molecule has 8 heteroatoms. The van der Waals surface area contributed by atoms with Gasteiger partial charge in [0.2, 0.25) is 5.82 Å². The molecule has 4 nitrogen and oxygen atoms in total. The van der Waals surface area contributed by atoms with Gasteiger partial charge >= 0.3 is 6.18 Å². The number of methoxy groups -OCH3 is 1. The van der Waals surface area contributed by atoms with Crippen LogP contribution in [0.2, 0.25) is 0 Å². The van der Waals surface area contributed by atoms with Crippen LogP contribution < -0.4 is 5.32 Å². The van der Waals surface area contributed by atoms with E-state index in [1.54, 1.807) is 0 Å². The van der Waals surface area contributed by atoms with E-state index in [0.717, 1.165) is 12.1 Å². The van der Waals surface area contributed by atoms with Crippen LogP contribution in [0.15, 0.2) is 18.2 Å². The number of hydrogen-bond donors (Lipinski definition) is 1. The van der Waals surface area contributed by atoms with Gasteiger partial charge in [-0.05, 0) is 24.6 Å². The van der Waals surface area contributed by atoms with E-state index < -0.39 is 17.8 Å². The lowest BCUT2D eigenvalue weighted by atomic mass is 10.2. The number of ether oxygens (including phenoxy) is 1. The lowest BCUT2D eigenvalue weighted by molar-refractivity contribution is -0.144. The van der Waals surface area contributed by atoms with E-state index in [1.165, 1.54) is 13.2 Å². The van der Waals surface area contributed by atoms with Crippen LogP contribution in [-0.2, 0) is 10.9 Å². The van der Waals surface area contributed by atoms with E-state index in [9.17, 15) is 17.6 Å². The van der Waals surface area contributed by atoms with E-state index in [2.05, 4.69) is 15.3 Å². The fourth-order valence-corrected chi connectivity index (χ4v) is 1.79. The van der Waals surface area contributed by atoms with Crippen LogP contribution in [0, 0.1) is 5.82 Å². The summed E-state index contributed by atoms with van der Waals surface area (Å²) < 4.78 is 56.4. The van der Waals surface area contributed by atoms with E-state index >= 15 is 0 Å². The summed E-state index contributed by atoms with van der Waals surface area (Å²) in [6.45, 7) is 0.810. The van der Waals surface area contributed by atoms with Crippen molar-refractivity contribution in [3.8, 4) is 0 Å². The van der Waals surface area contributed by atoms with Crippen molar-refractivity contribution in [1.29, 1.82) is 0 Å². The average Bonchev–Trinajstić information content (AvgIpc) is 2.42. The molecule has 1 aromatic heterocycles. The molecule has 0 atom stereocenters. The van der Waals surface area contributed by atoms with Crippen LogP contribution in [0.1, 0.15) is 12.2 Å². The van der Waals surface area contributed by atoms with Crippen LogP contribution in [-0.4, -0.2) is 30.2 Å². The van der Waals surface area contributed by atoms with Gasteiger partial charge in [0, 0.05) is 25.6 Å². The second-order valence-electron chi connectivity index (χ2n) is 4.33. The highest BCUT2D eigenvalue weighted by atomic mass is 19.4. The highest BCUT2D eigenvalue weighted by Gasteiger charge is 2.35. The quantitative estimate of drug-likeness (QED) is 0.680. The van der Waals surface area contributed by atoms with E-state index in [4.69, 9.17) is 4.74 Å². The first-order valence-corrected chi connectivity index (χ1v) is 6.19. The fourth-order valence-electron chi connectivity index (χ4n) is 1.79. The molecule has 0 radical (unpaired) electrons. The number of anilines is 1. The first kappa shape index (κ1) is 15.4. The van der Waals surface area contributed by atoms with E-state index in [1.807, 2.05) is 0 Å². The topological polar surface area (TPSA) is 47.0 Å². The number of aromatic nitrogens is 2. The summed E-state index contributed by atoms with van der Waals surface area (Å²) in [6.07, 6.45) is -4.08. The van der Waals surface area contributed by atoms with Crippen LogP contribution in [0.4, 0.5) is 23.4 Å². The Labute approximate surface area is 118 Å². The van der Waals surface area contributed by atoms with Gasteiger partial charge in [0.05, 0.1) is 5.52 Å². The number of alkyl halides is 3. The number of rotatable bonds is 5. The summed E-state index contributed by atoms with van der Waals surface area (Å²) in [5.74, 6) is -1.86. The molecule has 1 aromatic carbocycles. The number of halogens is 4. The van der Waals surface area contributed by atoms with Crippen molar-refractivity contribution in [2.75, 3.05) is 25.6 Å². The van der Waals surface area contributed by atoms with Crippen molar-refractivity contribution < 1.29 is 22.3 Å². The molecule has 1 heterocycles.